The number of hydrogen-bond acceptors (Lipinski definition) is 7. The second-order valence-corrected chi connectivity index (χ2v) is 10.9. The number of imidazole rings is 1. The average molecular weight is 663 g/mol. The van der Waals surface area contributed by atoms with Crippen LogP contribution in [0.3, 0.4) is 0 Å². The zero-order valence-corrected chi connectivity index (χ0v) is 25.6. The van der Waals surface area contributed by atoms with E-state index in [1.807, 2.05) is 52.3 Å². The maximum absolute atomic E-state index is 13.1. The summed E-state index contributed by atoms with van der Waals surface area (Å²) < 4.78 is 31.7. The molecule has 4 rings (SSSR count). The van der Waals surface area contributed by atoms with E-state index in [-0.39, 0.29) is 43.8 Å². The Balaban J connectivity index is 0.000000771. The van der Waals surface area contributed by atoms with Crippen LogP contribution in [0.25, 0.3) is 10.8 Å². The van der Waals surface area contributed by atoms with Crippen LogP contribution in [0.4, 0.5) is 13.2 Å². The van der Waals surface area contributed by atoms with Gasteiger partial charge in [0.1, 0.15) is 6.04 Å². The van der Waals surface area contributed by atoms with Crippen LogP contribution < -0.4 is 10.6 Å². The molecule has 2 aromatic carbocycles. The summed E-state index contributed by atoms with van der Waals surface area (Å²) in [6.45, 7) is 2.95. The van der Waals surface area contributed by atoms with Gasteiger partial charge in [-0.3, -0.25) is 19.3 Å². The highest BCUT2D eigenvalue weighted by Gasteiger charge is 2.38. The zero-order chi connectivity index (χ0) is 34.6. The Morgan fingerprint density at radius 3 is 2.43 bits per heavy atom. The number of alkyl halides is 3. The molecule has 0 bridgehead atoms. The molecule has 1 aromatic heterocycles. The van der Waals surface area contributed by atoms with E-state index in [0.29, 0.717) is 19.6 Å². The molecule has 3 amide bonds. The van der Waals surface area contributed by atoms with E-state index in [2.05, 4.69) is 20.6 Å². The van der Waals surface area contributed by atoms with Crippen LogP contribution in [0.5, 0.6) is 0 Å². The number of fused-ring (bicyclic) bond motifs is 1. The van der Waals surface area contributed by atoms with Crippen molar-refractivity contribution in [3.8, 4) is 0 Å². The molecule has 1 fully saturated rings. The van der Waals surface area contributed by atoms with Gasteiger partial charge in [0, 0.05) is 50.5 Å². The normalized spacial score (nSPS) is 15.1. The summed E-state index contributed by atoms with van der Waals surface area (Å²) in [5.41, 5.74) is 1.78. The predicted molar refractivity (Wildman–Crippen MR) is 163 cm³/mol. The number of benzene rings is 2. The number of nitrogens with one attached hydrogen (secondary N) is 3. The SMILES string of the molecule is CCC(=O)NC[C@H](NC(=O)CN(Cc1cccc2ccccc12)C[C@@H]1CCCN1C(=O)Cc1cnc[nH]1)C(=O)O.O=C(O)C(F)(F)F. The summed E-state index contributed by atoms with van der Waals surface area (Å²) in [6.07, 6.45) is 0.226. The van der Waals surface area contributed by atoms with Gasteiger partial charge in [0.25, 0.3) is 0 Å². The lowest BCUT2D eigenvalue weighted by Gasteiger charge is -2.31. The number of aliphatic carboxylic acids is 2. The number of carbonyl (C=O) groups excluding carboxylic acids is 3. The molecule has 0 unspecified atom stereocenters. The monoisotopic (exact) mass is 662 g/mol. The summed E-state index contributed by atoms with van der Waals surface area (Å²) in [5.74, 6) is -4.74. The van der Waals surface area contributed by atoms with Crippen molar-refractivity contribution < 1.29 is 47.4 Å². The molecule has 1 aliphatic heterocycles. The molecule has 0 saturated carbocycles. The topological polar surface area (TPSA) is 185 Å². The Hall–Kier alpha value is -4.99. The summed E-state index contributed by atoms with van der Waals surface area (Å²) in [6, 6.07) is 12.7. The lowest BCUT2D eigenvalue weighted by Crippen LogP contribution is -2.52. The molecule has 0 spiro atoms. The van der Waals surface area contributed by atoms with Crippen molar-refractivity contribution >= 4 is 40.4 Å². The molecule has 1 saturated heterocycles. The molecule has 2 atom stereocenters. The van der Waals surface area contributed by atoms with Crippen molar-refractivity contribution in [3.63, 3.8) is 0 Å². The highest BCUT2D eigenvalue weighted by molar-refractivity contribution is 5.87. The van der Waals surface area contributed by atoms with Gasteiger partial charge in [0.05, 0.1) is 19.3 Å². The van der Waals surface area contributed by atoms with Crippen molar-refractivity contribution in [2.24, 2.45) is 0 Å². The fraction of sp³-hybridized carbons (Fsp3) is 0.419. The van der Waals surface area contributed by atoms with Crippen molar-refractivity contribution in [1.82, 2.24) is 30.4 Å². The molecule has 0 radical (unpaired) electrons. The van der Waals surface area contributed by atoms with Gasteiger partial charge in [0.2, 0.25) is 17.7 Å². The second-order valence-electron chi connectivity index (χ2n) is 10.9. The van der Waals surface area contributed by atoms with E-state index >= 15 is 0 Å². The third-order valence-electron chi connectivity index (χ3n) is 7.40. The second kappa shape index (κ2) is 17.1. The number of carbonyl (C=O) groups is 5. The lowest BCUT2D eigenvalue weighted by molar-refractivity contribution is -0.192. The Labute approximate surface area is 268 Å². The quantitative estimate of drug-likeness (QED) is 0.183. The molecule has 47 heavy (non-hydrogen) atoms. The van der Waals surface area contributed by atoms with Crippen LogP contribution in [0.2, 0.25) is 0 Å². The first kappa shape index (κ1) is 36.5. The standard InChI is InChI=1S/C29H36N6O5.C2HF3O2/c1-2-26(36)31-15-25(29(39)40)33-27(37)18-34(16-21-9-5-8-20-7-3-4-11-24(20)21)17-23-10-6-12-35(23)28(38)13-22-14-30-19-32-22;3-2(4,5)1(6)7/h3-5,7-9,11,14,19,23,25H,2,6,10,12-13,15-18H2,1H3,(H,30,32)(H,31,36)(H,33,37)(H,39,40);(H,6,7)/t23-,25-;/m0./s1. The van der Waals surface area contributed by atoms with E-state index in [9.17, 15) is 37.5 Å². The molecule has 16 heteroatoms. The Kier molecular flexibility index (Phi) is 13.3. The van der Waals surface area contributed by atoms with Crippen LogP contribution in [0, 0.1) is 0 Å². The van der Waals surface area contributed by atoms with Crippen molar-refractivity contribution in [2.75, 3.05) is 26.2 Å². The largest absolute Gasteiger partial charge is 0.490 e. The third-order valence-corrected chi connectivity index (χ3v) is 7.40. The highest BCUT2D eigenvalue weighted by atomic mass is 19.4. The maximum atomic E-state index is 13.1. The Morgan fingerprint density at radius 1 is 1.09 bits per heavy atom. The summed E-state index contributed by atoms with van der Waals surface area (Å²) in [4.78, 5) is 69.3. The number of amides is 3. The van der Waals surface area contributed by atoms with Crippen LogP contribution in [0.1, 0.15) is 37.4 Å². The summed E-state index contributed by atoms with van der Waals surface area (Å²) in [5, 5.41) is 24.0. The minimum Gasteiger partial charge on any atom is -0.480 e. The summed E-state index contributed by atoms with van der Waals surface area (Å²) in [7, 11) is 0. The number of carboxylic acids is 2. The number of nitrogens with zero attached hydrogens (tertiary/aromatic N) is 3. The van der Waals surface area contributed by atoms with Gasteiger partial charge >= 0.3 is 18.1 Å². The number of aromatic amines is 1. The number of likely N-dealkylation sites (tertiary alicyclic amines) is 1. The predicted octanol–water partition coefficient (Wildman–Crippen LogP) is 2.33. The van der Waals surface area contributed by atoms with Crippen molar-refractivity contribution in [3.05, 3.63) is 66.2 Å². The lowest BCUT2D eigenvalue weighted by atomic mass is 10.0. The van der Waals surface area contributed by atoms with Crippen molar-refractivity contribution in [2.45, 2.75) is 57.4 Å². The maximum Gasteiger partial charge on any atom is 0.490 e. The Bertz CT molecular complexity index is 1530. The number of hydrogen-bond donors (Lipinski definition) is 5. The van der Waals surface area contributed by atoms with Gasteiger partial charge in [0.15, 0.2) is 0 Å². The third kappa shape index (κ3) is 11.4. The number of carboxylic acid groups (broad SMARTS) is 2. The van der Waals surface area contributed by atoms with Crippen molar-refractivity contribution in [1.29, 1.82) is 0 Å². The number of aromatic nitrogens is 2. The van der Waals surface area contributed by atoms with Gasteiger partial charge < -0.3 is 30.7 Å². The van der Waals surface area contributed by atoms with Gasteiger partial charge in [-0.25, -0.2) is 14.6 Å². The van der Waals surface area contributed by atoms with Gasteiger partial charge in [-0.2, -0.15) is 13.2 Å². The molecule has 2 heterocycles. The molecule has 13 nitrogen and oxygen atoms in total. The summed E-state index contributed by atoms with van der Waals surface area (Å²) >= 11 is 0. The molecule has 5 N–H and O–H groups in total. The smallest absolute Gasteiger partial charge is 0.480 e. The van der Waals surface area contributed by atoms with E-state index in [1.165, 1.54) is 0 Å². The molecule has 3 aromatic rings. The molecule has 254 valence electrons. The minimum absolute atomic E-state index is 0.00100. The first-order valence-electron chi connectivity index (χ1n) is 14.8. The average Bonchev–Trinajstić information content (AvgIpc) is 3.71. The molecule has 1 aliphatic rings. The van der Waals surface area contributed by atoms with E-state index < -0.39 is 30.1 Å². The Morgan fingerprint density at radius 2 is 1.79 bits per heavy atom. The number of rotatable bonds is 13. The van der Waals surface area contributed by atoms with Gasteiger partial charge in [-0.1, -0.05) is 49.4 Å². The van der Waals surface area contributed by atoms with E-state index in [0.717, 1.165) is 34.9 Å². The molecular formula is C31H37F3N6O7. The van der Waals surface area contributed by atoms with E-state index in [4.69, 9.17) is 9.90 Å². The highest BCUT2D eigenvalue weighted by Crippen LogP contribution is 2.23. The first-order chi connectivity index (χ1) is 22.3. The first-order valence-corrected chi connectivity index (χ1v) is 14.8. The van der Waals surface area contributed by atoms with Gasteiger partial charge in [-0.15, -0.1) is 0 Å². The number of halogens is 3. The molecule has 0 aliphatic carbocycles. The van der Waals surface area contributed by atoms with Crippen LogP contribution in [-0.2, 0) is 36.9 Å². The fourth-order valence-corrected chi connectivity index (χ4v) is 5.14. The van der Waals surface area contributed by atoms with Crippen LogP contribution in [0.15, 0.2) is 55.0 Å². The zero-order valence-electron chi connectivity index (χ0n) is 25.6. The minimum atomic E-state index is -5.08. The van der Waals surface area contributed by atoms with Crippen LogP contribution in [-0.4, -0.2) is 104 Å². The number of H-pyrrole nitrogens is 1. The van der Waals surface area contributed by atoms with Gasteiger partial charge in [-0.05, 0) is 29.2 Å². The fourth-order valence-electron chi connectivity index (χ4n) is 5.14. The molecular weight excluding hydrogens is 625 g/mol. The van der Waals surface area contributed by atoms with Crippen LogP contribution >= 0.6 is 0 Å². The van der Waals surface area contributed by atoms with E-state index in [1.54, 1.807) is 19.4 Å².